The third-order valence-electron chi connectivity index (χ3n) is 5.53. The van der Waals surface area contributed by atoms with Crippen molar-refractivity contribution < 1.29 is 9.59 Å². The number of hydrogen-bond acceptors (Lipinski definition) is 4. The van der Waals surface area contributed by atoms with Gasteiger partial charge in [0.15, 0.2) is 0 Å². The largest absolute Gasteiger partial charge is 0.339 e. The fraction of sp³-hybridized carbons (Fsp3) is 0.200. The van der Waals surface area contributed by atoms with Gasteiger partial charge in [-0.2, -0.15) is 10.2 Å². The minimum Gasteiger partial charge on any atom is -0.339 e. The number of aromatic amines is 1. The van der Waals surface area contributed by atoms with Crippen molar-refractivity contribution in [2.24, 2.45) is 7.05 Å². The molecule has 3 N–H and O–H groups in total. The van der Waals surface area contributed by atoms with E-state index >= 15 is 0 Å². The molecule has 2 aromatic carbocycles. The number of amides is 2. The zero-order valence-electron chi connectivity index (χ0n) is 18.8. The van der Waals surface area contributed by atoms with E-state index in [9.17, 15) is 9.59 Å². The third-order valence-corrected chi connectivity index (χ3v) is 5.53. The van der Waals surface area contributed by atoms with Gasteiger partial charge >= 0.3 is 0 Å². The molecule has 4 rings (SSSR count). The first-order valence-electron chi connectivity index (χ1n) is 10.7. The van der Waals surface area contributed by atoms with Crippen molar-refractivity contribution in [3.63, 3.8) is 0 Å². The van der Waals surface area contributed by atoms with Gasteiger partial charge in [0.05, 0.1) is 5.69 Å². The van der Waals surface area contributed by atoms with Crippen molar-refractivity contribution in [3.8, 4) is 11.1 Å². The number of nitrogens with zero attached hydrogens (tertiary/aromatic N) is 3. The molecule has 2 heterocycles. The predicted molar refractivity (Wildman–Crippen MR) is 127 cm³/mol. The van der Waals surface area contributed by atoms with E-state index in [1.165, 1.54) is 4.68 Å². The molecule has 168 valence electrons. The van der Waals surface area contributed by atoms with E-state index in [-0.39, 0.29) is 11.8 Å². The molecule has 0 aliphatic heterocycles. The molecule has 0 saturated heterocycles. The summed E-state index contributed by atoms with van der Waals surface area (Å²) in [7, 11) is 1.69. The second-order valence-electron chi connectivity index (χ2n) is 7.93. The van der Waals surface area contributed by atoms with Crippen LogP contribution in [0, 0.1) is 13.8 Å². The number of aromatic nitrogens is 4. The summed E-state index contributed by atoms with van der Waals surface area (Å²) >= 11 is 0. The third kappa shape index (κ3) is 5.01. The summed E-state index contributed by atoms with van der Waals surface area (Å²) in [6.07, 6.45) is 1.91. The van der Waals surface area contributed by atoms with Crippen LogP contribution < -0.4 is 10.6 Å². The number of benzene rings is 2. The number of carbonyl (C=O) groups is 2. The highest BCUT2D eigenvalue weighted by atomic mass is 16.2. The molecule has 0 unspecified atom stereocenters. The van der Waals surface area contributed by atoms with Gasteiger partial charge in [-0.15, -0.1) is 0 Å². The maximum atomic E-state index is 13.2. The Morgan fingerprint density at radius 2 is 1.76 bits per heavy atom. The second-order valence-corrected chi connectivity index (χ2v) is 7.93. The smallest absolute Gasteiger partial charge is 0.270 e. The van der Waals surface area contributed by atoms with E-state index in [0.717, 1.165) is 28.1 Å². The van der Waals surface area contributed by atoms with Crippen LogP contribution in [-0.4, -0.2) is 37.8 Å². The van der Waals surface area contributed by atoms with Crippen LogP contribution in [0.4, 0.5) is 5.69 Å². The van der Waals surface area contributed by atoms with E-state index in [1.54, 1.807) is 19.3 Å². The molecular formula is C25H26N6O2. The molecule has 0 aliphatic carbocycles. The molecule has 0 radical (unpaired) electrons. The highest BCUT2D eigenvalue weighted by Gasteiger charge is 2.23. The van der Waals surface area contributed by atoms with Crippen LogP contribution in [0.3, 0.4) is 0 Å². The van der Waals surface area contributed by atoms with Crippen LogP contribution >= 0.6 is 0 Å². The standard InChI is InChI=1S/C25H26N6O2/c1-16-23(17(2)30-29-16)19-9-11-20(12-10-19)27-24(32)21(15-18-7-5-4-6-8-18)28-25(33)22-13-14-26-31(22)3/h4-14,21H,15H2,1-3H3,(H,27,32)(H,28,33)(H,29,30)/t21-/m0/s1. The predicted octanol–water partition coefficient (Wildman–Crippen LogP) is 3.41. The summed E-state index contributed by atoms with van der Waals surface area (Å²) in [5.74, 6) is -0.648. The van der Waals surface area contributed by atoms with Crippen LogP contribution in [0.2, 0.25) is 0 Å². The normalized spacial score (nSPS) is 11.7. The van der Waals surface area contributed by atoms with Crippen LogP contribution in [0.15, 0.2) is 66.9 Å². The SMILES string of the molecule is Cc1n[nH]c(C)c1-c1ccc(NC(=O)[C@H](Cc2ccccc2)NC(=O)c2ccnn2C)cc1. The number of carbonyl (C=O) groups excluding carboxylic acids is 2. The second kappa shape index (κ2) is 9.52. The summed E-state index contributed by atoms with van der Waals surface area (Å²) in [6, 6.07) is 18.0. The van der Waals surface area contributed by atoms with Gasteiger partial charge in [-0.25, -0.2) is 0 Å². The Hall–Kier alpha value is -4.20. The first-order valence-corrected chi connectivity index (χ1v) is 10.7. The molecule has 0 spiro atoms. The average Bonchev–Trinajstić information content (AvgIpc) is 3.39. The minimum atomic E-state index is -0.757. The van der Waals surface area contributed by atoms with Gasteiger partial charge in [0, 0.05) is 36.6 Å². The molecule has 1 atom stereocenters. The molecule has 8 heteroatoms. The summed E-state index contributed by atoms with van der Waals surface area (Å²) in [5.41, 5.74) is 5.96. The Bertz CT molecular complexity index is 1240. The van der Waals surface area contributed by atoms with Gasteiger partial charge in [-0.05, 0) is 43.2 Å². The Labute approximate surface area is 192 Å². The quantitative estimate of drug-likeness (QED) is 0.408. The molecular weight excluding hydrogens is 416 g/mol. The van der Waals surface area contributed by atoms with E-state index < -0.39 is 6.04 Å². The molecule has 4 aromatic rings. The molecule has 0 fully saturated rings. The zero-order valence-corrected chi connectivity index (χ0v) is 18.8. The monoisotopic (exact) mass is 442 g/mol. The highest BCUT2D eigenvalue weighted by molar-refractivity contribution is 6.00. The molecule has 0 bridgehead atoms. The number of nitrogens with one attached hydrogen (secondary N) is 3. The average molecular weight is 443 g/mol. The van der Waals surface area contributed by atoms with E-state index in [2.05, 4.69) is 25.9 Å². The van der Waals surface area contributed by atoms with Crippen LogP contribution in [0.5, 0.6) is 0 Å². The lowest BCUT2D eigenvalue weighted by molar-refractivity contribution is -0.118. The number of rotatable bonds is 7. The van der Waals surface area contributed by atoms with Crippen molar-refractivity contribution >= 4 is 17.5 Å². The Balaban J connectivity index is 1.52. The molecule has 0 aliphatic rings. The minimum absolute atomic E-state index is 0.294. The van der Waals surface area contributed by atoms with Crippen molar-refractivity contribution in [2.45, 2.75) is 26.3 Å². The van der Waals surface area contributed by atoms with E-state index in [4.69, 9.17) is 0 Å². The lowest BCUT2D eigenvalue weighted by atomic mass is 10.0. The first-order chi connectivity index (χ1) is 15.9. The van der Waals surface area contributed by atoms with Crippen molar-refractivity contribution in [3.05, 3.63) is 89.5 Å². The van der Waals surface area contributed by atoms with Crippen molar-refractivity contribution in [1.29, 1.82) is 0 Å². The van der Waals surface area contributed by atoms with Crippen molar-refractivity contribution in [2.75, 3.05) is 5.32 Å². The molecule has 2 aromatic heterocycles. The van der Waals surface area contributed by atoms with Gasteiger partial charge in [-0.1, -0.05) is 42.5 Å². The fourth-order valence-electron chi connectivity index (χ4n) is 3.81. The van der Waals surface area contributed by atoms with Gasteiger partial charge < -0.3 is 10.6 Å². The number of aryl methyl sites for hydroxylation is 3. The Morgan fingerprint density at radius 3 is 2.36 bits per heavy atom. The van der Waals surface area contributed by atoms with Gasteiger partial charge in [0.1, 0.15) is 11.7 Å². The van der Waals surface area contributed by atoms with Crippen LogP contribution in [-0.2, 0) is 18.3 Å². The lowest BCUT2D eigenvalue weighted by Crippen LogP contribution is -2.45. The number of H-pyrrole nitrogens is 1. The zero-order chi connectivity index (χ0) is 23.4. The topological polar surface area (TPSA) is 105 Å². The number of hydrogen-bond donors (Lipinski definition) is 3. The Kier molecular flexibility index (Phi) is 6.35. The van der Waals surface area contributed by atoms with Crippen LogP contribution in [0.1, 0.15) is 27.4 Å². The van der Waals surface area contributed by atoms with Gasteiger partial charge in [-0.3, -0.25) is 19.4 Å². The number of anilines is 1. The molecule has 2 amide bonds. The summed E-state index contributed by atoms with van der Waals surface area (Å²) in [6.45, 7) is 3.93. The maximum Gasteiger partial charge on any atom is 0.270 e. The first kappa shape index (κ1) is 22.0. The lowest BCUT2D eigenvalue weighted by Gasteiger charge is -2.19. The van der Waals surface area contributed by atoms with Crippen molar-refractivity contribution in [1.82, 2.24) is 25.3 Å². The molecule has 33 heavy (non-hydrogen) atoms. The fourth-order valence-corrected chi connectivity index (χ4v) is 3.81. The van der Waals surface area contributed by atoms with Gasteiger partial charge in [0.2, 0.25) is 5.91 Å². The van der Waals surface area contributed by atoms with E-state index in [1.807, 2.05) is 68.4 Å². The maximum absolute atomic E-state index is 13.2. The summed E-state index contributed by atoms with van der Waals surface area (Å²) in [5, 5.41) is 17.0. The Morgan fingerprint density at radius 1 is 1.03 bits per heavy atom. The summed E-state index contributed by atoms with van der Waals surface area (Å²) < 4.78 is 1.48. The van der Waals surface area contributed by atoms with Gasteiger partial charge in [0.25, 0.3) is 5.91 Å². The van der Waals surface area contributed by atoms with E-state index in [0.29, 0.717) is 17.8 Å². The molecule has 0 saturated carbocycles. The highest BCUT2D eigenvalue weighted by Crippen LogP contribution is 2.26. The van der Waals surface area contributed by atoms with Crippen LogP contribution in [0.25, 0.3) is 11.1 Å². The summed E-state index contributed by atoms with van der Waals surface area (Å²) in [4.78, 5) is 25.9. The molecule has 8 nitrogen and oxygen atoms in total.